The van der Waals surface area contributed by atoms with Crippen LogP contribution in [-0.2, 0) is 0 Å². The number of nitrogen functional groups attached to an aromatic ring is 1. The molecule has 3 N–H and O–H groups in total. The molecular formula is C8H6Br2N4. The number of hydrogen-bond donors (Lipinski definition) is 2. The maximum absolute atomic E-state index is 7.38. The Morgan fingerprint density at radius 3 is 2.86 bits per heavy atom. The van der Waals surface area contributed by atoms with Crippen LogP contribution in [0.15, 0.2) is 27.4 Å². The van der Waals surface area contributed by atoms with Gasteiger partial charge >= 0.3 is 0 Å². The molecule has 0 fully saturated rings. The third kappa shape index (κ3) is 1.44. The molecule has 2 aromatic heterocycles. The van der Waals surface area contributed by atoms with Crippen LogP contribution in [0.4, 0.5) is 0 Å². The van der Waals surface area contributed by atoms with E-state index in [9.17, 15) is 0 Å². The number of hydrogen-bond acceptors (Lipinski definition) is 2. The minimum absolute atomic E-state index is 0.0167. The SMILES string of the molecule is N=C(N)c1cnn2cc(Br)cc(Br)c12. The molecule has 0 saturated heterocycles. The van der Waals surface area contributed by atoms with Crippen molar-refractivity contribution >= 4 is 43.2 Å². The summed E-state index contributed by atoms with van der Waals surface area (Å²) < 4.78 is 3.44. The van der Waals surface area contributed by atoms with Crippen molar-refractivity contribution in [1.82, 2.24) is 9.61 Å². The van der Waals surface area contributed by atoms with Gasteiger partial charge in [-0.3, -0.25) is 5.41 Å². The number of pyridine rings is 1. The van der Waals surface area contributed by atoms with Crippen molar-refractivity contribution in [2.75, 3.05) is 0 Å². The van der Waals surface area contributed by atoms with Gasteiger partial charge in [-0.15, -0.1) is 0 Å². The van der Waals surface area contributed by atoms with Gasteiger partial charge in [0.05, 0.1) is 17.3 Å². The summed E-state index contributed by atoms with van der Waals surface area (Å²) in [7, 11) is 0. The van der Waals surface area contributed by atoms with Crippen LogP contribution in [0, 0.1) is 5.41 Å². The largest absolute Gasteiger partial charge is 0.384 e. The van der Waals surface area contributed by atoms with Crippen LogP contribution in [0.25, 0.3) is 5.52 Å². The molecule has 0 aliphatic heterocycles. The van der Waals surface area contributed by atoms with Crippen LogP contribution in [0.2, 0.25) is 0 Å². The second kappa shape index (κ2) is 3.36. The first-order chi connectivity index (χ1) is 6.59. The molecule has 0 bridgehead atoms. The lowest BCUT2D eigenvalue weighted by atomic mass is 10.2. The molecule has 0 saturated carbocycles. The average Bonchev–Trinajstić information content (AvgIpc) is 2.47. The van der Waals surface area contributed by atoms with E-state index in [1.807, 2.05) is 12.3 Å². The van der Waals surface area contributed by atoms with Crippen LogP contribution in [0.3, 0.4) is 0 Å². The van der Waals surface area contributed by atoms with Gasteiger partial charge in [0.25, 0.3) is 0 Å². The summed E-state index contributed by atoms with van der Waals surface area (Å²) in [6.07, 6.45) is 3.39. The quantitative estimate of drug-likeness (QED) is 0.625. The highest BCUT2D eigenvalue weighted by molar-refractivity contribution is 9.11. The zero-order chi connectivity index (χ0) is 10.3. The van der Waals surface area contributed by atoms with E-state index < -0.39 is 0 Å². The number of nitrogens with zero attached hydrogens (tertiary/aromatic N) is 2. The van der Waals surface area contributed by atoms with E-state index in [1.54, 1.807) is 10.7 Å². The molecule has 0 aliphatic carbocycles. The summed E-state index contributed by atoms with van der Waals surface area (Å²) in [4.78, 5) is 0. The van der Waals surface area contributed by atoms with Gasteiger partial charge in [0.15, 0.2) is 0 Å². The minimum Gasteiger partial charge on any atom is -0.384 e. The van der Waals surface area contributed by atoms with Crippen LogP contribution < -0.4 is 5.73 Å². The smallest absolute Gasteiger partial charge is 0.126 e. The van der Waals surface area contributed by atoms with Crippen molar-refractivity contribution in [1.29, 1.82) is 5.41 Å². The van der Waals surface area contributed by atoms with Gasteiger partial charge in [0.1, 0.15) is 5.84 Å². The van der Waals surface area contributed by atoms with Crippen molar-refractivity contribution in [2.45, 2.75) is 0 Å². The summed E-state index contributed by atoms with van der Waals surface area (Å²) in [5.74, 6) is 0.0167. The van der Waals surface area contributed by atoms with Gasteiger partial charge in [0, 0.05) is 15.1 Å². The summed E-state index contributed by atoms with van der Waals surface area (Å²) in [6.45, 7) is 0. The molecule has 0 spiro atoms. The lowest BCUT2D eigenvalue weighted by molar-refractivity contribution is 0.953. The molecule has 2 rings (SSSR count). The highest BCUT2D eigenvalue weighted by atomic mass is 79.9. The summed E-state index contributed by atoms with van der Waals surface area (Å²) in [5, 5.41) is 11.5. The standard InChI is InChI=1S/C8H6Br2N4/c9-4-1-6(10)7-5(8(11)12)2-13-14(7)3-4/h1-3H,(H3,11,12). The van der Waals surface area contributed by atoms with Crippen molar-refractivity contribution in [3.63, 3.8) is 0 Å². The topological polar surface area (TPSA) is 67.2 Å². The van der Waals surface area contributed by atoms with Crippen LogP contribution >= 0.6 is 31.9 Å². The molecule has 72 valence electrons. The Morgan fingerprint density at radius 2 is 2.21 bits per heavy atom. The van der Waals surface area contributed by atoms with Gasteiger partial charge in [-0.2, -0.15) is 5.10 Å². The number of rotatable bonds is 1. The fourth-order valence-corrected chi connectivity index (χ4v) is 2.61. The second-order valence-electron chi connectivity index (χ2n) is 2.77. The third-order valence-corrected chi connectivity index (χ3v) is 2.86. The predicted octanol–water partition coefficient (Wildman–Crippen LogP) is 2.14. The number of halogens is 2. The van der Waals surface area contributed by atoms with Gasteiger partial charge in [0.2, 0.25) is 0 Å². The Kier molecular flexibility index (Phi) is 2.32. The second-order valence-corrected chi connectivity index (χ2v) is 4.54. The summed E-state index contributed by atoms with van der Waals surface area (Å²) >= 11 is 6.76. The van der Waals surface area contributed by atoms with E-state index >= 15 is 0 Å². The maximum Gasteiger partial charge on any atom is 0.126 e. The first kappa shape index (κ1) is 9.67. The molecule has 2 aromatic rings. The molecule has 0 atom stereocenters. The molecule has 0 amide bonds. The average molecular weight is 318 g/mol. The first-order valence-corrected chi connectivity index (χ1v) is 5.35. The Bertz CT molecular complexity index is 517. The fourth-order valence-electron chi connectivity index (χ4n) is 1.24. The molecule has 4 nitrogen and oxygen atoms in total. The monoisotopic (exact) mass is 316 g/mol. The zero-order valence-corrected chi connectivity index (χ0v) is 10.1. The third-order valence-electron chi connectivity index (χ3n) is 1.82. The number of nitrogens with two attached hydrogens (primary N) is 1. The molecular weight excluding hydrogens is 312 g/mol. The Balaban J connectivity index is 2.85. The first-order valence-electron chi connectivity index (χ1n) is 3.76. The highest BCUT2D eigenvalue weighted by Gasteiger charge is 2.10. The van der Waals surface area contributed by atoms with Crippen LogP contribution in [0.1, 0.15) is 5.56 Å². The van der Waals surface area contributed by atoms with Gasteiger partial charge in [-0.25, -0.2) is 4.52 Å². The molecule has 0 aromatic carbocycles. The van der Waals surface area contributed by atoms with Crippen molar-refractivity contribution in [3.05, 3.63) is 33.0 Å². The zero-order valence-electron chi connectivity index (χ0n) is 6.96. The minimum atomic E-state index is 0.0167. The summed E-state index contributed by atoms with van der Waals surface area (Å²) in [6, 6.07) is 1.89. The fraction of sp³-hybridized carbons (Fsp3) is 0. The molecule has 0 radical (unpaired) electrons. The maximum atomic E-state index is 7.38. The van der Waals surface area contributed by atoms with Crippen molar-refractivity contribution < 1.29 is 0 Å². The molecule has 0 aliphatic rings. The molecule has 2 heterocycles. The van der Waals surface area contributed by atoms with E-state index in [0.29, 0.717) is 5.56 Å². The van der Waals surface area contributed by atoms with Crippen LogP contribution in [0.5, 0.6) is 0 Å². The van der Waals surface area contributed by atoms with E-state index in [2.05, 4.69) is 37.0 Å². The Labute approximate surface area is 96.9 Å². The molecule has 6 heteroatoms. The van der Waals surface area contributed by atoms with Gasteiger partial charge in [-0.05, 0) is 37.9 Å². The Morgan fingerprint density at radius 1 is 1.50 bits per heavy atom. The predicted molar refractivity (Wildman–Crippen MR) is 61.6 cm³/mol. The van der Waals surface area contributed by atoms with Gasteiger partial charge in [-0.1, -0.05) is 0 Å². The van der Waals surface area contributed by atoms with E-state index in [-0.39, 0.29) is 5.84 Å². The number of amidine groups is 1. The normalized spacial score (nSPS) is 10.7. The van der Waals surface area contributed by atoms with Crippen LogP contribution in [-0.4, -0.2) is 15.4 Å². The molecule has 14 heavy (non-hydrogen) atoms. The van der Waals surface area contributed by atoms with Gasteiger partial charge < -0.3 is 5.73 Å². The van der Waals surface area contributed by atoms with E-state index in [0.717, 1.165) is 14.5 Å². The lowest BCUT2D eigenvalue weighted by Gasteiger charge is -2.00. The van der Waals surface area contributed by atoms with Crippen molar-refractivity contribution in [3.8, 4) is 0 Å². The molecule has 0 unspecified atom stereocenters. The number of aromatic nitrogens is 2. The van der Waals surface area contributed by atoms with Crippen molar-refractivity contribution in [2.24, 2.45) is 5.73 Å². The highest BCUT2D eigenvalue weighted by Crippen LogP contribution is 2.25. The summed E-state index contributed by atoms with van der Waals surface area (Å²) in [5.41, 5.74) is 6.86. The number of fused-ring (bicyclic) bond motifs is 1. The van der Waals surface area contributed by atoms with E-state index in [4.69, 9.17) is 11.1 Å². The van der Waals surface area contributed by atoms with E-state index in [1.165, 1.54) is 0 Å². The Hall–Kier alpha value is -0.880. The lowest BCUT2D eigenvalue weighted by Crippen LogP contribution is -2.10. The number of nitrogens with one attached hydrogen (secondary N) is 1.